The molecule has 112 valence electrons. The van der Waals surface area contributed by atoms with Gasteiger partial charge in [-0.2, -0.15) is 5.10 Å². The molecule has 0 saturated carbocycles. The SMILES string of the molecule is CC(/C=N\NC(=O)c1cc(I)ccc1Cl)=C\c1ccccc1. The lowest BCUT2D eigenvalue weighted by Crippen LogP contribution is -2.18. The van der Waals surface area contributed by atoms with Crippen LogP contribution in [0, 0.1) is 3.57 Å². The third-order valence-corrected chi connectivity index (χ3v) is 3.80. The van der Waals surface area contributed by atoms with Crippen molar-refractivity contribution in [1.29, 1.82) is 0 Å². The average Bonchev–Trinajstić information content (AvgIpc) is 2.50. The zero-order valence-corrected chi connectivity index (χ0v) is 14.8. The molecule has 2 aromatic rings. The molecule has 0 fully saturated rings. The molecule has 0 aliphatic heterocycles. The monoisotopic (exact) mass is 424 g/mol. The number of amides is 1. The van der Waals surface area contributed by atoms with Gasteiger partial charge in [0.2, 0.25) is 0 Å². The normalized spacial score (nSPS) is 11.7. The van der Waals surface area contributed by atoms with E-state index in [9.17, 15) is 4.79 Å². The Kier molecular flexibility index (Phi) is 6.15. The summed E-state index contributed by atoms with van der Waals surface area (Å²) in [5.74, 6) is -0.327. The molecule has 1 N–H and O–H groups in total. The van der Waals surface area contributed by atoms with Crippen LogP contribution in [0.1, 0.15) is 22.8 Å². The summed E-state index contributed by atoms with van der Waals surface area (Å²) in [5, 5.41) is 4.37. The van der Waals surface area contributed by atoms with Gasteiger partial charge >= 0.3 is 0 Å². The molecule has 2 aromatic carbocycles. The first-order valence-electron chi connectivity index (χ1n) is 6.58. The first-order chi connectivity index (χ1) is 10.6. The van der Waals surface area contributed by atoms with Crippen LogP contribution in [0.2, 0.25) is 5.02 Å². The first kappa shape index (κ1) is 16.7. The Hall–Kier alpha value is -1.66. The van der Waals surface area contributed by atoms with Gasteiger partial charge in [-0.1, -0.05) is 48.0 Å². The number of carbonyl (C=O) groups is 1. The van der Waals surface area contributed by atoms with Gasteiger partial charge in [0.05, 0.1) is 16.8 Å². The highest BCUT2D eigenvalue weighted by Crippen LogP contribution is 2.18. The molecule has 0 saturated heterocycles. The molecular weight excluding hydrogens is 411 g/mol. The molecule has 3 nitrogen and oxygen atoms in total. The van der Waals surface area contributed by atoms with Crippen LogP contribution in [0.15, 0.2) is 59.2 Å². The van der Waals surface area contributed by atoms with Crippen molar-refractivity contribution < 1.29 is 4.79 Å². The highest BCUT2D eigenvalue weighted by Gasteiger charge is 2.09. The van der Waals surface area contributed by atoms with Gasteiger partial charge in [-0.05, 0) is 58.9 Å². The lowest BCUT2D eigenvalue weighted by molar-refractivity contribution is 0.0955. The molecule has 0 aliphatic rings. The summed E-state index contributed by atoms with van der Waals surface area (Å²) in [5.41, 5.74) is 4.91. The van der Waals surface area contributed by atoms with Crippen LogP contribution in [-0.2, 0) is 0 Å². The quantitative estimate of drug-likeness (QED) is 0.429. The van der Waals surface area contributed by atoms with E-state index in [1.54, 1.807) is 18.3 Å². The Balaban J connectivity index is 2.01. The molecule has 0 bridgehead atoms. The minimum Gasteiger partial charge on any atom is -0.267 e. The van der Waals surface area contributed by atoms with Crippen molar-refractivity contribution in [1.82, 2.24) is 5.43 Å². The molecule has 1 amide bonds. The van der Waals surface area contributed by atoms with Crippen molar-refractivity contribution in [2.45, 2.75) is 6.92 Å². The summed E-state index contributed by atoms with van der Waals surface area (Å²) in [4.78, 5) is 12.0. The van der Waals surface area contributed by atoms with E-state index in [1.165, 1.54) is 0 Å². The molecule has 2 rings (SSSR count). The maximum Gasteiger partial charge on any atom is 0.272 e. The summed E-state index contributed by atoms with van der Waals surface area (Å²) in [7, 11) is 0. The van der Waals surface area contributed by atoms with Crippen molar-refractivity contribution >= 4 is 52.4 Å². The fraction of sp³-hybridized carbons (Fsp3) is 0.0588. The molecule has 0 heterocycles. The number of hydrogen-bond acceptors (Lipinski definition) is 2. The van der Waals surface area contributed by atoms with Gasteiger partial charge in [0.1, 0.15) is 0 Å². The van der Waals surface area contributed by atoms with E-state index in [1.807, 2.05) is 49.4 Å². The highest BCUT2D eigenvalue weighted by atomic mass is 127. The molecule has 5 heteroatoms. The van der Waals surface area contributed by atoms with E-state index in [0.717, 1.165) is 14.7 Å². The van der Waals surface area contributed by atoms with Gasteiger partial charge in [-0.15, -0.1) is 0 Å². The summed E-state index contributed by atoms with van der Waals surface area (Å²) in [6.45, 7) is 1.92. The number of allylic oxidation sites excluding steroid dienone is 1. The fourth-order valence-electron chi connectivity index (χ4n) is 1.77. The van der Waals surface area contributed by atoms with Crippen molar-refractivity contribution in [3.05, 3.63) is 73.8 Å². The summed E-state index contributed by atoms with van der Waals surface area (Å²) >= 11 is 8.14. The number of hydrazone groups is 1. The summed E-state index contributed by atoms with van der Waals surface area (Å²) in [6.07, 6.45) is 3.58. The van der Waals surface area contributed by atoms with Crippen LogP contribution in [-0.4, -0.2) is 12.1 Å². The fourth-order valence-corrected chi connectivity index (χ4v) is 2.47. The molecule has 0 unspecified atom stereocenters. The van der Waals surface area contributed by atoms with Gasteiger partial charge in [-0.3, -0.25) is 4.79 Å². The maximum absolute atomic E-state index is 12.0. The summed E-state index contributed by atoms with van der Waals surface area (Å²) in [6, 6.07) is 15.2. The predicted octanol–water partition coefficient (Wildman–Crippen LogP) is 4.76. The Morgan fingerprint density at radius 3 is 2.68 bits per heavy atom. The van der Waals surface area contributed by atoms with E-state index in [4.69, 9.17) is 11.6 Å². The predicted molar refractivity (Wildman–Crippen MR) is 100 cm³/mol. The van der Waals surface area contributed by atoms with Gasteiger partial charge in [0.25, 0.3) is 5.91 Å². The maximum atomic E-state index is 12.0. The smallest absolute Gasteiger partial charge is 0.267 e. The molecular formula is C17H14ClIN2O. The molecule has 0 spiro atoms. The minimum atomic E-state index is -0.327. The molecule has 0 aromatic heterocycles. The third-order valence-electron chi connectivity index (χ3n) is 2.80. The molecule has 0 atom stereocenters. The second kappa shape index (κ2) is 8.10. The lowest BCUT2D eigenvalue weighted by atomic mass is 10.1. The van der Waals surface area contributed by atoms with Crippen LogP contribution in [0.25, 0.3) is 6.08 Å². The van der Waals surface area contributed by atoms with Crippen molar-refractivity contribution in [2.24, 2.45) is 5.10 Å². The minimum absolute atomic E-state index is 0.327. The van der Waals surface area contributed by atoms with Crippen LogP contribution in [0.5, 0.6) is 0 Å². The lowest BCUT2D eigenvalue weighted by Gasteiger charge is -2.03. The third kappa shape index (κ3) is 4.96. The number of nitrogens with zero attached hydrogens (tertiary/aromatic N) is 1. The van der Waals surface area contributed by atoms with Gasteiger partial charge in [0, 0.05) is 3.57 Å². The van der Waals surface area contributed by atoms with E-state index < -0.39 is 0 Å². The number of hydrogen-bond donors (Lipinski definition) is 1. The Bertz CT molecular complexity index is 727. The van der Waals surface area contributed by atoms with Gasteiger partial charge < -0.3 is 0 Å². The van der Waals surface area contributed by atoms with Gasteiger partial charge in [-0.25, -0.2) is 5.43 Å². The number of halogens is 2. The second-order valence-corrected chi connectivity index (χ2v) is 6.28. The highest BCUT2D eigenvalue weighted by molar-refractivity contribution is 14.1. The van der Waals surface area contributed by atoms with E-state index in [-0.39, 0.29) is 5.91 Å². The molecule has 0 radical (unpaired) electrons. The van der Waals surface area contributed by atoms with Crippen molar-refractivity contribution in [3.63, 3.8) is 0 Å². The zero-order chi connectivity index (χ0) is 15.9. The number of nitrogens with one attached hydrogen (secondary N) is 1. The molecule has 0 aliphatic carbocycles. The number of benzene rings is 2. The van der Waals surface area contributed by atoms with Crippen LogP contribution in [0.4, 0.5) is 0 Å². The van der Waals surface area contributed by atoms with E-state index in [0.29, 0.717) is 10.6 Å². The van der Waals surface area contributed by atoms with E-state index >= 15 is 0 Å². The largest absolute Gasteiger partial charge is 0.272 e. The second-order valence-electron chi connectivity index (χ2n) is 4.62. The Labute approximate surface area is 148 Å². The van der Waals surface area contributed by atoms with Crippen LogP contribution in [0.3, 0.4) is 0 Å². The number of carbonyl (C=O) groups excluding carboxylic acids is 1. The number of rotatable bonds is 4. The van der Waals surface area contributed by atoms with Crippen molar-refractivity contribution in [3.8, 4) is 0 Å². The zero-order valence-electron chi connectivity index (χ0n) is 11.9. The van der Waals surface area contributed by atoms with E-state index in [2.05, 4.69) is 33.1 Å². The topological polar surface area (TPSA) is 41.5 Å². The van der Waals surface area contributed by atoms with Gasteiger partial charge in [0.15, 0.2) is 0 Å². The standard InChI is InChI=1S/C17H14ClIN2O/c1-12(9-13-5-3-2-4-6-13)11-20-21-17(22)15-10-14(19)7-8-16(15)18/h2-11H,1H3,(H,21,22)/b12-9+,20-11-. The Morgan fingerprint density at radius 1 is 1.23 bits per heavy atom. The Morgan fingerprint density at radius 2 is 1.95 bits per heavy atom. The average molecular weight is 425 g/mol. The first-order valence-corrected chi connectivity index (χ1v) is 8.04. The van der Waals surface area contributed by atoms with Crippen molar-refractivity contribution in [2.75, 3.05) is 0 Å². The van der Waals surface area contributed by atoms with Crippen LogP contribution < -0.4 is 5.43 Å². The molecule has 22 heavy (non-hydrogen) atoms. The van der Waals surface area contributed by atoms with Crippen LogP contribution >= 0.6 is 34.2 Å². The summed E-state index contributed by atoms with van der Waals surface area (Å²) < 4.78 is 0.941.